The molecule has 0 unspecified atom stereocenters. The molecule has 5 rings (SSSR count). The van der Waals surface area contributed by atoms with E-state index in [-0.39, 0.29) is 11.8 Å². The van der Waals surface area contributed by atoms with Crippen molar-refractivity contribution in [2.24, 2.45) is 0 Å². The van der Waals surface area contributed by atoms with Gasteiger partial charge in [-0.3, -0.25) is 9.20 Å². The van der Waals surface area contributed by atoms with Gasteiger partial charge in [0.2, 0.25) is 5.91 Å². The number of benzene rings is 1. The highest BCUT2D eigenvalue weighted by atomic mass is 79.9. The number of anilines is 1. The van der Waals surface area contributed by atoms with Crippen molar-refractivity contribution in [3.05, 3.63) is 46.6 Å². The summed E-state index contributed by atoms with van der Waals surface area (Å²) in [6.45, 7) is 1.29. The van der Waals surface area contributed by atoms with Gasteiger partial charge in [0.05, 0.1) is 20.4 Å². The monoisotopic (exact) mass is 499 g/mol. The molecule has 1 N–H and O–H groups in total. The largest absolute Gasteiger partial charge is 0.497 e. The first-order valence-corrected chi connectivity index (χ1v) is 11.6. The Morgan fingerprint density at radius 3 is 2.91 bits per heavy atom. The number of carbonyl (C=O) groups is 1. The van der Waals surface area contributed by atoms with E-state index in [0.717, 1.165) is 64.6 Å². The Morgan fingerprint density at radius 1 is 1.22 bits per heavy atom. The average Bonchev–Trinajstić information content (AvgIpc) is 3.40. The number of methoxy groups -OCH3 is 2. The van der Waals surface area contributed by atoms with Gasteiger partial charge in [0.15, 0.2) is 5.82 Å². The molecule has 32 heavy (non-hydrogen) atoms. The molecule has 0 radical (unpaired) electrons. The van der Waals surface area contributed by atoms with Crippen LogP contribution in [0.2, 0.25) is 0 Å². The number of carbonyl (C=O) groups excluding carboxylic acids is 1. The highest BCUT2D eigenvalue weighted by Gasteiger charge is 2.37. The van der Waals surface area contributed by atoms with E-state index in [1.807, 2.05) is 30.6 Å². The standard InChI is InChI=1S/C23H26BrN5O3/c1-31-17-7-4-14(19(9-17)32-2)10-25-22-18-11-26-23(29(18)13-20(24)27-22)15-3-5-16-6-8-21(30)28(16)12-15/h4,7,9,11,13,15-16H,3,5-6,8,10,12H2,1-2H3,(H,25,27)/t15-,16+/m1/s1. The topological polar surface area (TPSA) is 81.0 Å². The molecule has 0 saturated carbocycles. The Kier molecular flexibility index (Phi) is 5.67. The summed E-state index contributed by atoms with van der Waals surface area (Å²) in [5.41, 5.74) is 1.91. The van der Waals surface area contributed by atoms with Crippen LogP contribution in [0, 0.1) is 0 Å². The molecule has 2 fully saturated rings. The van der Waals surface area contributed by atoms with Gasteiger partial charge in [0.25, 0.3) is 0 Å². The minimum Gasteiger partial charge on any atom is -0.497 e. The molecule has 3 aromatic rings. The van der Waals surface area contributed by atoms with E-state index in [4.69, 9.17) is 14.5 Å². The Morgan fingerprint density at radius 2 is 2.09 bits per heavy atom. The lowest BCUT2D eigenvalue weighted by Gasteiger charge is -2.34. The first-order chi connectivity index (χ1) is 15.6. The minimum atomic E-state index is 0.222. The van der Waals surface area contributed by atoms with Crippen molar-refractivity contribution in [1.29, 1.82) is 0 Å². The van der Waals surface area contributed by atoms with E-state index in [1.54, 1.807) is 14.2 Å². The van der Waals surface area contributed by atoms with E-state index in [0.29, 0.717) is 19.0 Å². The van der Waals surface area contributed by atoms with Crippen LogP contribution in [0.4, 0.5) is 5.82 Å². The van der Waals surface area contributed by atoms with Crippen LogP contribution in [0.3, 0.4) is 0 Å². The van der Waals surface area contributed by atoms with Crippen molar-refractivity contribution in [2.45, 2.75) is 44.2 Å². The fourth-order valence-electron chi connectivity index (χ4n) is 4.87. The molecule has 8 nitrogen and oxygen atoms in total. The number of aromatic nitrogens is 3. The van der Waals surface area contributed by atoms with Crippen molar-refractivity contribution in [1.82, 2.24) is 19.3 Å². The number of halogens is 1. The molecule has 1 aromatic carbocycles. The number of ether oxygens (including phenoxy) is 2. The van der Waals surface area contributed by atoms with Crippen LogP contribution in [0.25, 0.3) is 5.52 Å². The zero-order valence-electron chi connectivity index (χ0n) is 18.2. The third-order valence-corrected chi connectivity index (χ3v) is 6.93. The van der Waals surface area contributed by atoms with Crippen LogP contribution < -0.4 is 14.8 Å². The Hall–Kier alpha value is -2.81. The lowest BCUT2D eigenvalue weighted by Crippen LogP contribution is -2.41. The van der Waals surface area contributed by atoms with Crippen molar-refractivity contribution < 1.29 is 14.3 Å². The summed E-state index contributed by atoms with van der Waals surface area (Å²) >= 11 is 3.55. The van der Waals surface area contributed by atoms with Crippen LogP contribution in [-0.2, 0) is 11.3 Å². The van der Waals surface area contributed by atoms with Crippen LogP contribution in [-0.4, -0.2) is 52.0 Å². The van der Waals surface area contributed by atoms with Gasteiger partial charge in [0.1, 0.15) is 27.4 Å². The van der Waals surface area contributed by atoms with Crippen molar-refractivity contribution >= 4 is 33.2 Å². The van der Waals surface area contributed by atoms with Gasteiger partial charge in [0, 0.05) is 49.3 Å². The molecule has 1 amide bonds. The van der Waals surface area contributed by atoms with Crippen molar-refractivity contribution in [2.75, 3.05) is 26.1 Å². The molecule has 0 aliphatic carbocycles. The Labute approximate surface area is 195 Å². The maximum atomic E-state index is 12.3. The first-order valence-electron chi connectivity index (χ1n) is 10.8. The molecular weight excluding hydrogens is 474 g/mol. The third-order valence-electron chi connectivity index (χ3n) is 6.55. The summed E-state index contributed by atoms with van der Waals surface area (Å²) in [6, 6.07) is 6.17. The predicted octanol–water partition coefficient (Wildman–Crippen LogP) is 3.99. The van der Waals surface area contributed by atoms with E-state index in [1.165, 1.54) is 0 Å². The number of hydrogen-bond donors (Lipinski definition) is 1. The molecule has 168 valence electrons. The molecule has 2 aliphatic rings. The van der Waals surface area contributed by atoms with Gasteiger partial charge < -0.3 is 19.7 Å². The predicted molar refractivity (Wildman–Crippen MR) is 124 cm³/mol. The molecule has 2 atom stereocenters. The van der Waals surface area contributed by atoms with Crippen LogP contribution in [0.15, 0.2) is 35.2 Å². The highest BCUT2D eigenvalue weighted by Crippen LogP contribution is 2.36. The molecule has 2 saturated heterocycles. The highest BCUT2D eigenvalue weighted by molar-refractivity contribution is 9.10. The zero-order valence-corrected chi connectivity index (χ0v) is 19.8. The molecular formula is C23H26BrN5O3. The van der Waals surface area contributed by atoms with Gasteiger partial charge in [-0.2, -0.15) is 0 Å². The van der Waals surface area contributed by atoms with Crippen molar-refractivity contribution in [3.8, 4) is 11.5 Å². The summed E-state index contributed by atoms with van der Waals surface area (Å²) in [4.78, 5) is 23.7. The number of amides is 1. The number of piperidine rings is 1. The second-order valence-corrected chi connectivity index (χ2v) is 9.14. The number of imidazole rings is 1. The lowest BCUT2D eigenvalue weighted by atomic mass is 9.93. The van der Waals surface area contributed by atoms with Crippen LogP contribution in [0.5, 0.6) is 11.5 Å². The number of nitrogens with zero attached hydrogens (tertiary/aromatic N) is 4. The number of fused-ring (bicyclic) bond motifs is 2. The van der Waals surface area contributed by atoms with Gasteiger partial charge in [-0.05, 0) is 47.3 Å². The van der Waals surface area contributed by atoms with E-state index >= 15 is 0 Å². The van der Waals surface area contributed by atoms with E-state index in [9.17, 15) is 4.79 Å². The van der Waals surface area contributed by atoms with E-state index < -0.39 is 0 Å². The summed E-state index contributed by atoms with van der Waals surface area (Å²) in [7, 11) is 3.29. The lowest BCUT2D eigenvalue weighted by molar-refractivity contribution is -0.130. The summed E-state index contributed by atoms with van der Waals surface area (Å²) < 4.78 is 13.6. The maximum absolute atomic E-state index is 12.3. The minimum absolute atomic E-state index is 0.222. The smallest absolute Gasteiger partial charge is 0.222 e. The fraction of sp³-hybridized carbons (Fsp3) is 0.435. The van der Waals surface area contributed by atoms with E-state index in [2.05, 4.69) is 35.5 Å². The quantitative estimate of drug-likeness (QED) is 0.552. The Balaban J connectivity index is 1.41. The average molecular weight is 500 g/mol. The zero-order chi connectivity index (χ0) is 22.2. The van der Waals surface area contributed by atoms with Crippen molar-refractivity contribution in [3.63, 3.8) is 0 Å². The molecule has 2 aliphatic heterocycles. The first kappa shape index (κ1) is 21.1. The maximum Gasteiger partial charge on any atom is 0.222 e. The number of hydrogen-bond acceptors (Lipinski definition) is 6. The second-order valence-electron chi connectivity index (χ2n) is 8.33. The van der Waals surface area contributed by atoms with Gasteiger partial charge in [-0.25, -0.2) is 9.97 Å². The van der Waals surface area contributed by atoms with Gasteiger partial charge in [-0.15, -0.1) is 0 Å². The Bertz CT molecular complexity index is 1160. The SMILES string of the molecule is COc1ccc(CNc2nc(Br)cn3c([C@@H]4CC[C@H]5CCC(=O)N5C4)ncc23)c(OC)c1. The molecule has 2 aromatic heterocycles. The third kappa shape index (κ3) is 3.79. The summed E-state index contributed by atoms with van der Waals surface area (Å²) in [5.74, 6) is 3.72. The normalized spacial score (nSPS) is 20.5. The molecule has 4 heterocycles. The fourth-order valence-corrected chi connectivity index (χ4v) is 5.25. The molecule has 0 bridgehead atoms. The number of rotatable bonds is 6. The number of nitrogens with one attached hydrogen (secondary N) is 1. The van der Waals surface area contributed by atoms with Gasteiger partial charge >= 0.3 is 0 Å². The summed E-state index contributed by atoms with van der Waals surface area (Å²) in [6.07, 6.45) is 7.57. The molecule has 9 heteroatoms. The van der Waals surface area contributed by atoms with Crippen LogP contribution in [0.1, 0.15) is 43.0 Å². The molecule has 0 spiro atoms. The van der Waals surface area contributed by atoms with Crippen LogP contribution >= 0.6 is 15.9 Å². The van der Waals surface area contributed by atoms with Gasteiger partial charge in [-0.1, -0.05) is 0 Å². The summed E-state index contributed by atoms with van der Waals surface area (Å²) in [5, 5.41) is 3.43. The second kappa shape index (κ2) is 8.61.